The van der Waals surface area contributed by atoms with E-state index < -0.39 is 5.91 Å². The number of hydrogen-bond donors (Lipinski definition) is 2. The van der Waals surface area contributed by atoms with Gasteiger partial charge in [-0.2, -0.15) is 0 Å². The number of carbonyl (C=O) groups is 2. The van der Waals surface area contributed by atoms with Gasteiger partial charge in [-0.15, -0.1) is 0 Å². The predicted octanol–water partition coefficient (Wildman–Crippen LogP) is 2.52. The van der Waals surface area contributed by atoms with E-state index in [4.69, 9.17) is 13.9 Å². The average molecular weight is 399 g/mol. The van der Waals surface area contributed by atoms with E-state index in [1.807, 2.05) is 4.90 Å². The molecule has 1 aromatic carbocycles. The quantitative estimate of drug-likeness (QED) is 0.803. The van der Waals surface area contributed by atoms with Crippen molar-refractivity contribution in [3.63, 3.8) is 0 Å². The molecular weight excluding hydrogens is 374 g/mol. The molecule has 2 aliphatic heterocycles. The molecule has 2 atom stereocenters. The minimum absolute atomic E-state index is 0.143. The molecule has 2 N–H and O–H groups in total. The van der Waals surface area contributed by atoms with Gasteiger partial charge in [0.05, 0.1) is 31.7 Å². The van der Waals surface area contributed by atoms with Crippen LogP contribution >= 0.6 is 0 Å². The van der Waals surface area contributed by atoms with Gasteiger partial charge < -0.3 is 29.4 Å². The Morgan fingerprint density at radius 3 is 2.62 bits per heavy atom. The van der Waals surface area contributed by atoms with Crippen LogP contribution in [0.3, 0.4) is 0 Å². The summed E-state index contributed by atoms with van der Waals surface area (Å²) in [6.07, 6.45) is 4.58. The zero-order chi connectivity index (χ0) is 20.4. The Labute approximate surface area is 169 Å². The molecule has 2 saturated heterocycles. The number of nitrogens with one attached hydrogen (secondary N) is 2. The second kappa shape index (κ2) is 8.16. The highest BCUT2D eigenvalue weighted by Crippen LogP contribution is 2.35. The fraction of sp³-hybridized carbons (Fsp3) is 0.429. The molecule has 8 nitrogen and oxygen atoms in total. The van der Waals surface area contributed by atoms with E-state index in [0.29, 0.717) is 47.9 Å². The van der Waals surface area contributed by atoms with Gasteiger partial charge >= 0.3 is 0 Å². The van der Waals surface area contributed by atoms with E-state index in [1.54, 1.807) is 24.3 Å². The Balaban J connectivity index is 1.66. The molecule has 154 valence electrons. The molecular formula is C21H25N3O5. The van der Waals surface area contributed by atoms with E-state index in [9.17, 15) is 9.59 Å². The number of ether oxygens (including phenoxy) is 2. The normalized spacial score (nSPS) is 20.8. The Morgan fingerprint density at radius 2 is 1.90 bits per heavy atom. The largest absolute Gasteiger partial charge is 0.493 e. The molecule has 8 heteroatoms. The summed E-state index contributed by atoms with van der Waals surface area (Å²) in [7, 11) is 3.02. The van der Waals surface area contributed by atoms with Crippen LogP contribution in [0, 0.1) is 0 Å². The molecule has 0 radical (unpaired) electrons. The summed E-state index contributed by atoms with van der Waals surface area (Å²) in [5.41, 5.74) is 0.719. The lowest BCUT2D eigenvalue weighted by Crippen LogP contribution is -2.39. The summed E-state index contributed by atoms with van der Waals surface area (Å²) in [5, 5.41) is 6.35. The van der Waals surface area contributed by atoms with Crippen LogP contribution in [0.5, 0.6) is 11.5 Å². The lowest BCUT2D eigenvalue weighted by Gasteiger charge is -2.26. The molecule has 0 saturated carbocycles. The number of nitrogens with zero attached hydrogens (tertiary/aromatic N) is 1. The number of amides is 2. The van der Waals surface area contributed by atoms with Crippen LogP contribution in [0.2, 0.25) is 0 Å². The Morgan fingerprint density at radius 1 is 1.14 bits per heavy atom. The van der Waals surface area contributed by atoms with Gasteiger partial charge in [0.15, 0.2) is 17.3 Å². The van der Waals surface area contributed by atoms with Crippen LogP contribution in [0.15, 0.2) is 34.9 Å². The van der Waals surface area contributed by atoms with Crippen LogP contribution in [0.1, 0.15) is 40.2 Å². The highest BCUT2D eigenvalue weighted by Gasteiger charge is 2.32. The number of rotatable bonds is 5. The Hall–Kier alpha value is -3.00. The van der Waals surface area contributed by atoms with Crippen molar-refractivity contribution in [3.05, 3.63) is 41.9 Å². The molecule has 0 spiro atoms. The summed E-state index contributed by atoms with van der Waals surface area (Å²) < 4.78 is 15.9. The van der Waals surface area contributed by atoms with Crippen LogP contribution in [0.4, 0.5) is 5.69 Å². The molecule has 0 aliphatic carbocycles. The first-order valence-corrected chi connectivity index (χ1v) is 9.75. The maximum Gasteiger partial charge on any atom is 0.291 e. The van der Waals surface area contributed by atoms with E-state index in [1.165, 1.54) is 20.5 Å². The summed E-state index contributed by atoms with van der Waals surface area (Å²) >= 11 is 0. The summed E-state index contributed by atoms with van der Waals surface area (Å²) in [4.78, 5) is 27.8. The summed E-state index contributed by atoms with van der Waals surface area (Å²) in [5.74, 6) is 0.439. The fourth-order valence-corrected chi connectivity index (χ4v) is 4.05. The number of furan rings is 1. The SMILES string of the molecule is COc1cc(NC(=O)c2ccco2)c(C(=O)N2CCC3CCC(C2)N3)cc1OC. The van der Waals surface area contributed by atoms with Crippen molar-refractivity contribution in [3.8, 4) is 11.5 Å². The third-order valence-electron chi connectivity index (χ3n) is 5.56. The standard InChI is InChI=1S/C21H25N3O5/c1-27-18-10-15(21(26)24-8-7-13-5-6-14(12-24)22-13)16(11-19(18)28-2)23-20(25)17-4-3-9-29-17/h3-4,9-11,13-14,22H,5-8,12H2,1-2H3,(H,23,25). The number of anilines is 1. The minimum atomic E-state index is -0.437. The average Bonchev–Trinajstić information content (AvgIpc) is 3.37. The van der Waals surface area contributed by atoms with E-state index in [2.05, 4.69) is 10.6 Å². The van der Waals surface area contributed by atoms with Crippen molar-refractivity contribution < 1.29 is 23.5 Å². The monoisotopic (exact) mass is 399 g/mol. The molecule has 2 bridgehead atoms. The van der Waals surface area contributed by atoms with Crippen molar-refractivity contribution in [1.82, 2.24) is 10.2 Å². The van der Waals surface area contributed by atoms with Crippen molar-refractivity contribution >= 4 is 17.5 Å². The van der Waals surface area contributed by atoms with Crippen LogP contribution in [-0.2, 0) is 0 Å². The van der Waals surface area contributed by atoms with Crippen LogP contribution in [-0.4, -0.2) is 56.1 Å². The van der Waals surface area contributed by atoms with Gasteiger partial charge in [-0.1, -0.05) is 0 Å². The van der Waals surface area contributed by atoms with Crippen LogP contribution < -0.4 is 20.1 Å². The van der Waals surface area contributed by atoms with Crippen LogP contribution in [0.25, 0.3) is 0 Å². The molecule has 3 heterocycles. The zero-order valence-corrected chi connectivity index (χ0v) is 16.6. The molecule has 2 unspecified atom stereocenters. The molecule has 4 rings (SSSR count). The molecule has 29 heavy (non-hydrogen) atoms. The second-order valence-electron chi connectivity index (χ2n) is 7.36. The summed E-state index contributed by atoms with van der Waals surface area (Å²) in [6.45, 7) is 1.32. The Kier molecular flexibility index (Phi) is 5.44. The Bertz CT molecular complexity index is 896. The highest BCUT2D eigenvalue weighted by atomic mass is 16.5. The van der Waals surface area contributed by atoms with Crippen molar-refractivity contribution in [2.24, 2.45) is 0 Å². The van der Waals surface area contributed by atoms with Gasteiger partial charge in [0, 0.05) is 31.2 Å². The van der Waals surface area contributed by atoms with Gasteiger partial charge in [0.25, 0.3) is 11.8 Å². The third kappa shape index (κ3) is 3.93. The second-order valence-corrected chi connectivity index (χ2v) is 7.36. The smallest absolute Gasteiger partial charge is 0.291 e. The maximum atomic E-state index is 13.4. The number of hydrogen-bond acceptors (Lipinski definition) is 6. The first-order chi connectivity index (χ1) is 14.1. The van der Waals surface area contributed by atoms with E-state index in [-0.39, 0.29) is 11.7 Å². The van der Waals surface area contributed by atoms with Gasteiger partial charge in [-0.25, -0.2) is 0 Å². The first-order valence-electron chi connectivity index (χ1n) is 9.75. The lowest BCUT2D eigenvalue weighted by atomic mass is 10.1. The topological polar surface area (TPSA) is 93.0 Å². The van der Waals surface area contributed by atoms with Crippen molar-refractivity contribution in [2.75, 3.05) is 32.6 Å². The number of fused-ring (bicyclic) bond motifs is 2. The van der Waals surface area contributed by atoms with E-state index in [0.717, 1.165) is 19.3 Å². The molecule has 2 aliphatic rings. The number of likely N-dealkylation sites (tertiary alicyclic amines) is 1. The van der Waals surface area contributed by atoms with Crippen molar-refractivity contribution in [1.29, 1.82) is 0 Å². The number of benzene rings is 1. The first kappa shape index (κ1) is 19.3. The molecule has 2 fully saturated rings. The zero-order valence-electron chi connectivity index (χ0n) is 16.6. The van der Waals surface area contributed by atoms with E-state index >= 15 is 0 Å². The highest BCUT2D eigenvalue weighted by molar-refractivity contribution is 6.08. The lowest BCUT2D eigenvalue weighted by molar-refractivity contribution is 0.0748. The number of carbonyl (C=O) groups excluding carboxylic acids is 2. The molecule has 2 amide bonds. The summed E-state index contributed by atoms with van der Waals surface area (Å²) in [6, 6.07) is 7.21. The molecule has 1 aromatic heterocycles. The predicted molar refractivity (Wildman–Crippen MR) is 107 cm³/mol. The maximum absolute atomic E-state index is 13.4. The van der Waals surface area contributed by atoms with Gasteiger partial charge in [-0.3, -0.25) is 9.59 Å². The fourth-order valence-electron chi connectivity index (χ4n) is 4.05. The third-order valence-corrected chi connectivity index (χ3v) is 5.56. The van der Waals surface area contributed by atoms with Gasteiger partial charge in [-0.05, 0) is 37.5 Å². The molecule has 2 aromatic rings. The van der Waals surface area contributed by atoms with Crippen molar-refractivity contribution in [2.45, 2.75) is 31.3 Å². The minimum Gasteiger partial charge on any atom is -0.493 e. The van der Waals surface area contributed by atoms with Gasteiger partial charge in [0.1, 0.15) is 0 Å². The van der Waals surface area contributed by atoms with Gasteiger partial charge in [0.2, 0.25) is 0 Å². The number of methoxy groups -OCH3 is 2.